The Labute approximate surface area is 150 Å². The van der Waals surface area contributed by atoms with Crippen LogP contribution in [-0.4, -0.2) is 55.8 Å². The smallest absolute Gasteiger partial charge is 0.409 e. The number of anilines is 1. The molecule has 0 fully saturated rings. The molecule has 1 N–H and O–H groups in total. The number of rotatable bonds is 7. The van der Waals surface area contributed by atoms with Crippen molar-refractivity contribution >= 4 is 40.7 Å². The van der Waals surface area contributed by atoms with Crippen molar-refractivity contribution in [3.63, 3.8) is 0 Å². The minimum Gasteiger partial charge on any atom is -0.450 e. The van der Waals surface area contributed by atoms with Crippen LogP contribution in [0.3, 0.4) is 0 Å². The average Bonchev–Trinajstić information content (AvgIpc) is 2.57. The van der Waals surface area contributed by atoms with E-state index in [4.69, 9.17) is 9.47 Å². The predicted octanol–water partition coefficient (Wildman–Crippen LogP) is 3.11. The Morgan fingerprint density at radius 1 is 1.04 bits per heavy atom. The molecule has 2 amide bonds. The maximum Gasteiger partial charge on any atom is 0.409 e. The number of nitrogens with one attached hydrogen (secondary N) is 1. The maximum atomic E-state index is 11.9. The minimum absolute atomic E-state index is 0.207. The molecule has 0 aliphatic carbocycles. The van der Waals surface area contributed by atoms with Crippen molar-refractivity contribution in [3.05, 3.63) is 29.8 Å². The van der Waals surface area contributed by atoms with Gasteiger partial charge >= 0.3 is 12.2 Å². The molecule has 128 valence electrons. The van der Waals surface area contributed by atoms with Gasteiger partial charge in [0.15, 0.2) is 0 Å². The molecule has 23 heavy (non-hydrogen) atoms. The summed E-state index contributed by atoms with van der Waals surface area (Å²) in [4.78, 5) is 26.2. The van der Waals surface area contributed by atoms with E-state index in [2.05, 4.69) is 26.4 Å². The molecule has 0 saturated heterocycles. The van der Waals surface area contributed by atoms with Gasteiger partial charge in [-0.3, -0.25) is 0 Å². The Morgan fingerprint density at radius 2 is 1.57 bits per heavy atom. The van der Waals surface area contributed by atoms with Crippen molar-refractivity contribution in [1.82, 2.24) is 9.80 Å². The van der Waals surface area contributed by atoms with Gasteiger partial charge < -0.3 is 22.8 Å². The van der Waals surface area contributed by atoms with Crippen LogP contribution in [0.4, 0.5) is 15.3 Å². The van der Waals surface area contributed by atoms with Gasteiger partial charge in [0.25, 0.3) is 0 Å². The van der Waals surface area contributed by atoms with Gasteiger partial charge in [0.2, 0.25) is 0 Å². The molecule has 0 aliphatic heterocycles. The van der Waals surface area contributed by atoms with Crippen molar-refractivity contribution in [2.75, 3.05) is 37.3 Å². The van der Waals surface area contributed by atoms with Gasteiger partial charge in [-0.05, 0) is 24.6 Å². The predicted molar refractivity (Wildman–Crippen MR) is 96.6 cm³/mol. The van der Waals surface area contributed by atoms with Crippen LogP contribution < -0.4 is 3.53 Å². The van der Waals surface area contributed by atoms with Gasteiger partial charge in [0, 0.05) is 32.9 Å². The number of amides is 2. The van der Waals surface area contributed by atoms with Gasteiger partial charge in [-0.2, -0.15) is 0 Å². The van der Waals surface area contributed by atoms with E-state index in [1.807, 2.05) is 24.3 Å². The highest BCUT2D eigenvalue weighted by atomic mass is 127. The zero-order chi connectivity index (χ0) is 17.2. The zero-order valence-electron chi connectivity index (χ0n) is 13.5. The zero-order valence-corrected chi connectivity index (χ0v) is 15.7. The number of likely N-dealkylation sites (N-methyl/N-ethyl adjacent to an activating group) is 2. The van der Waals surface area contributed by atoms with E-state index in [0.717, 1.165) is 11.3 Å². The van der Waals surface area contributed by atoms with Gasteiger partial charge in [-0.25, -0.2) is 9.59 Å². The first-order chi connectivity index (χ1) is 11.0. The Morgan fingerprint density at radius 3 is 2.04 bits per heavy atom. The lowest BCUT2D eigenvalue weighted by Gasteiger charge is -2.21. The van der Waals surface area contributed by atoms with Crippen LogP contribution in [0.2, 0.25) is 0 Å². The van der Waals surface area contributed by atoms with Gasteiger partial charge in [-0.15, -0.1) is 0 Å². The third-order valence-electron chi connectivity index (χ3n) is 3.09. The summed E-state index contributed by atoms with van der Waals surface area (Å²) in [5.41, 5.74) is 1.89. The largest absolute Gasteiger partial charge is 0.450 e. The van der Waals surface area contributed by atoms with E-state index < -0.39 is 12.2 Å². The summed E-state index contributed by atoms with van der Waals surface area (Å²) in [6.45, 7) is 3.02. The summed E-state index contributed by atoms with van der Waals surface area (Å²) in [6, 6.07) is 7.60. The van der Waals surface area contributed by atoms with Crippen LogP contribution in [0.25, 0.3) is 0 Å². The van der Waals surface area contributed by atoms with Crippen molar-refractivity contribution < 1.29 is 19.1 Å². The van der Waals surface area contributed by atoms with E-state index >= 15 is 0 Å². The van der Waals surface area contributed by atoms with E-state index in [-0.39, 0.29) is 6.61 Å². The Hall–Kier alpha value is -1.71. The molecule has 0 heterocycles. The summed E-state index contributed by atoms with van der Waals surface area (Å²) < 4.78 is 13.1. The van der Waals surface area contributed by atoms with E-state index in [1.54, 1.807) is 21.0 Å². The molecule has 0 saturated carbocycles. The normalized spacial score (nSPS) is 9.91. The molecule has 0 spiro atoms. The van der Waals surface area contributed by atoms with E-state index in [1.165, 1.54) is 9.80 Å². The summed E-state index contributed by atoms with van der Waals surface area (Å²) >= 11 is 2.05. The first kappa shape index (κ1) is 19.3. The SMILES string of the molecule is CCOC(=O)N(C)CCN(C)C(=O)OCc1ccc(NI)cc1. The first-order valence-electron chi connectivity index (χ1n) is 7.19. The Bertz CT molecular complexity index is 510. The van der Waals surface area contributed by atoms with Crippen molar-refractivity contribution in [2.24, 2.45) is 0 Å². The lowest BCUT2D eigenvalue weighted by atomic mass is 10.2. The molecule has 1 rings (SSSR count). The molecule has 0 aromatic heterocycles. The highest BCUT2D eigenvalue weighted by Crippen LogP contribution is 2.12. The highest BCUT2D eigenvalue weighted by Gasteiger charge is 2.14. The van der Waals surface area contributed by atoms with Crippen LogP contribution in [0.5, 0.6) is 0 Å². The molecule has 0 atom stereocenters. The van der Waals surface area contributed by atoms with Gasteiger partial charge in [0.05, 0.1) is 29.5 Å². The molecule has 1 aromatic carbocycles. The monoisotopic (exact) mass is 435 g/mol. The Kier molecular flexibility index (Phi) is 8.52. The summed E-state index contributed by atoms with van der Waals surface area (Å²) in [6.07, 6.45) is -0.836. The highest BCUT2D eigenvalue weighted by molar-refractivity contribution is 14.1. The van der Waals surface area contributed by atoms with Crippen LogP contribution in [0, 0.1) is 0 Å². The standard InChI is InChI=1S/C15H22IN3O4/c1-4-22-14(20)18(2)9-10-19(3)15(21)23-11-12-5-7-13(17-16)8-6-12/h5-8,17H,4,9-11H2,1-3H3. The van der Waals surface area contributed by atoms with E-state index in [9.17, 15) is 9.59 Å². The third-order valence-corrected chi connectivity index (χ3v) is 3.71. The molecule has 8 heteroatoms. The fourth-order valence-electron chi connectivity index (χ4n) is 1.64. The topological polar surface area (TPSA) is 71.1 Å². The molecular formula is C15H22IN3O4. The van der Waals surface area contributed by atoms with Crippen LogP contribution in [0.1, 0.15) is 12.5 Å². The molecule has 7 nitrogen and oxygen atoms in total. The lowest BCUT2D eigenvalue weighted by molar-refractivity contribution is 0.0939. The van der Waals surface area contributed by atoms with Crippen molar-refractivity contribution in [1.29, 1.82) is 0 Å². The molecule has 0 unspecified atom stereocenters. The lowest BCUT2D eigenvalue weighted by Crippen LogP contribution is -2.37. The summed E-state index contributed by atoms with van der Waals surface area (Å²) in [5, 5.41) is 0. The number of nitrogens with zero attached hydrogens (tertiary/aromatic N) is 2. The summed E-state index contributed by atoms with van der Waals surface area (Å²) in [5.74, 6) is 0. The van der Waals surface area contributed by atoms with Crippen LogP contribution in [-0.2, 0) is 16.1 Å². The Balaban J connectivity index is 2.34. The second-order valence-corrected chi connectivity index (χ2v) is 5.43. The fourth-order valence-corrected chi connectivity index (χ4v) is 2.00. The third kappa shape index (κ3) is 6.93. The number of benzene rings is 1. The minimum atomic E-state index is -0.432. The second kappa shape index (κ2) is 10.1. The van der Waals surface area contributed by atoms with Crippen LogP contribution in [0.15, 0.2) is 24.3 Å². The first-order valence-corrected chi connectivity index (χ1v) is 8.27. The van der Waals surface area contributed by atoms with Crippen LogP contribution >= 0.6 is 22.9 Å². The average molecular weight is 435 g/mol. The number of carbonyl (C=O) groups is 2. The van der Waals surface area contributed by atoms with Gasteiger partial charge in [-0.1, -0.05) is 12.1 Å². The van der Waals surface area contributed by atoms with Crippen molar-refractivity contribution in [3.8, 4) is 0 Å². The number of ether oxygens (including phenoxy) is 2. The number of hydrogen-bond acceptors (Lipinski definition) is 5. The molecular weight excluding hydrogens is 413 g/mol. The molecule has 1 aromatic rings. The fraction of sp³-hybridized carbons (Fsp3) is 0.467. The number of hydrogen-bond donors (Lipinski definition) is 1. The molecule has 0 radical (unpaired) electrons. The molecule has 0 bridgehead atoms. The van der Waals surface area contributed by atoms with Crippen molar-refractivity contribution in [2.45, 2.75) is 13.5 Å². The second-order valence-electron chi connectivity index (χ2n) is 4.89. The quantitative estimate of drug-likeness (QED) is 0.527. The molecule has 0 aliphatic rings. The van der Waals surface area contributed by atoms with E-state index in [0.29, 0.717) is 19.7 Å². The van der Waals surface area contributed by atoms with Gasteiger partial charge in [0.1, 0.15) is 6.61 Å². The number of carbonyl (C=O) groups excluding carboxylic acids is 2. The maximum absolute atomic E-state index is 11.9. The summed E-state index contributed by atoms with van der Waals surface area (Å²) in [7, 11) is 3.25. The number of halogens is 1.